The molecule has 0 spiro atoms. The van der Waals surface area contributed by atoms with E-state index in [0.29, 0.717) is 6.04 Å². The van der Waals surface area contributed by atoms with Crippen LogP contribution in [0.2, 0.25) is 0 Å². The van der Waals surface area contributed by atoms with Crippen LogP contribution in [0, 0.1) is 0 Å². The molecule has 0 aliphatic rings. The minimum atomic E-state index is 0.483. The van der Waals surface area contributed by atoms with Gasteiger partial charge in [0.05, 0.1) is 0 Å². The van der Waals surface area contributed by atoms with E-state index in [1.807, 2.05) is 12.4 Å². The Bertz CT molecular complexity index is 315. The van der Waals surface area contributed by atoms with Gasteiger partial charge in [0, 0.05) is 29.5 Å². The van der Waals surface area contributed by atoms with E-state index in [2.05, 4.69) is 58.2 Å². The van der Waals surface area contributed by atoms with Crippen molar-refractivity contribution in [3.8, 4) is 0 Å². The maximum absolute atomic E-state index is 4.19. The van der Waals surface area contributed by atoms with Crippen LogP contribution in [0.1, 0.15) is 12.5 Å². The summed E-state index contributed by atoms with van der Waals surface area (Å²) in [6, 6.07) is 2.61. The van der Waals surface area contributed by atoms with Gasteiger partial charge < -0.3 is 10.2 Å². The quantitative estimate of drug-likeness (QED) is 0.866. The number of nitrogens with one attached hydrogen (secondary N) is 1. The molecular formula is C12H20BrN3. The first-order valence-electron chi connectivity index (χ1n) is 5.59. The fourth-order valence-corrected chi connectivity index (χ4v) is 2.19. The third kappa shape index (κ3) is 5.05. The molecule has 16 heavy (non-hydrogen) atoms. The van der Waals surface area contributed by atoms with Gasteiger partial charge in [0.25, 0.3) is 0 Å². The first-order chi connectivity index (χ1) is 7.61. The number of nitrogens with zero attached hydrogens (tertiary/aromatic N) is 2. The molecule has 1 N–H and O–H groups in total. The molecule has 0 saturated heterocycles. The molecule has 90 valence electrons. The molecule has 0 amide bonds. The normalized spacial score (nSPS) is 13.1. The molecule has 1 atom stereocenters. The van der Waals surface area contributed by atoms with E-state index in [-0.39, 0.29) is 0 Å². The van der Waals surface area contributed by atoms with Gasteiger partial charge in [-0.3, -0.25) is 4.98 Å². The lowest BCUT2D eigenvalue weighted by molar-refractivity contribution is 0.339. The Labute approximate surface area is 106 Å². The van der Waals surface area contributed by atoms with Crippen molar-refractivity contribution in [1.29, 1.82) is 0 Å². The predicted octanol–water partition coefficient (Wildman–Crippen LogP) is 1.93. The largest absolute Gasteiger partial charge is 0.313 e. The van der Waals surface area contributed by atoms with Crippen molar-refractivity contribution in [3.63, 3.8) is 0 Å². The molecule has 0 aliphatic heterocycles. The van der Waals surface area contributed by atoms with Crippen LogP contribution in [-0.4, -0.2) is 43.1 Å². The lowest BCUT2D eigenvalue weighted by Crippen LogP contribution is -2.39. The van der Waals surface area contributed by atoms with E-state index in [1.165, 1.54) is 5.56 Å². The van der Waals surface area contributed by atoms with Gasteiger partial charge in [-0.2, -0.15) is 0 Å². The van der Waals surface area contributed by atoms with Crippen LogP contribution in [0.4, 0.5) is 0 Å². The smallest absolute Gasteiger partial charge is 0.0410 e. The topological polar surface area (TPSA) is 28.2 Å². The van der Waals surface area contributed by atoms with Crippen molar-refractivity contribution >= 4 is 15.9 Å². The first kappa shape index (κ1) is 13.6. The Morgan fingerprint density at radius 3 is 2.75 bits per heavy atom. The van der Waals surface area contributed by atoms with Gasteiger partial charge in [-0.1, -0.05) is 6.92 Å². The standard InChI is InChI=1S/C12H20BrN3/c1-4-15-12(9-16(2)3)6-10-5-11(13)8-14-7-10/h5,7-8,12,15H,4,6,9H2,1-3H3. The molecule has 3 nitrogen and oxygen atoms in total. The van der Waals surface area contributed by atoms with Crippen LogP contribution in [0.25, 0.3) is 0 Å². The molecule has 0 bridgehead atoms. The summed E-state index contributed by atoms with van der Waals surface area (Å²) >= 11 is 3.45. The summed E-state index contributed by atoms with van der Waals surface area (Å²) in [4.78, 5) is 6.40. The fourth-order valence-electron chi connectivity index (χ4n) is 1.78. The summed E-state index contributed by atoms with van der Waals surface area (Å²) in [5.41, 5.74) is 1.27. The summed E-state index contributed by atoms with van der Waals surface area (Å²) in [6.07, 6.45) is 4.76. The second kappa shape index (κ2) is 6.99. The number of pyridine rings is 1. The minimum Gasteiger partial charge on any atom is -0.313 e. The molecular weight excluding hydrogens is 266 g/mol. The second-order valence-corrected chi connectivity index (χ2v) is 5.15. The van der Waals surface area contributed by atoms with Gasteiger partial charge >= 0.3 is 0 Å². The number of aromatic nitrogens is 1. The number of likely N-dealkylation sites (N-methyl/N-ethyl adjacent to an activating group) is 2. The summed E-state index contributed by atoms with van der Waals surface area (Å²) < 4.78 is 1.05. The summed E-state index contributed by atoms with van der Waals surface area (Å²) in [7, 11) is 4.20. The third-order valence-electron chi connectivity index (χ3n) is 2.32. The lowest BCUT2D eigenvalue weighted by atomic mass is 10.1. The van der Waals surface area contributed by atoms with Gasteiger partial charge in [-0.05, 0) is 54.6 Å². The Kier molecular flexibility index (Phi) is 5.95. The Morgan fingerprint density at radius 1 is 1.44 bits per heavy atom. The zero-order valence-electron chi connectivity index (χ0n) is 10.2. The second-order valence-electron chi connectivity index (χ2n) is 4.23. The highest BCUT2D eigenvalue weighted by molar-refractivity contribution is 9.10. The Morgan fingerprint density at radius 2 is 2.19 bits per heavy atom. The van der Waals surface area contributed by atoms with Gasteiger partial charge in [-0.15, -0.1) is 0 Å². The van der Waals surface area contributed by atoms with E-state index in [4.69, 9.17) is 0 Å². The molecule has 0 aromatic carbocycles. The Hall–Kier alpha value is -0.450. The maximum atomic E-state index is 4.19. The number of rotatable bonds is 6. The van der Waals surface area contributed by atoms with Crippen molar-refractivity contribution in [2.24, 2.45) is 0 Å². The van der Waals surface area contributed by atoms with Crippen LogP contribution in [0.5, 0.6) is 0 Å². The van der Waals surface area contributed by atoms with Crippen LogP contribution in [-0.2, 0) is 6.42 Å². The van der Waals surface area contributed by atoms with Gasteiger partial charge in [0.15, 0.2) is 0 Å². The lowest BCUT2D eigenvalue weighted by Gasteiger charge is -2.21. The fraction of sp³-hybridized carbons (Fsp3) is 0.583. The highest BCUT2D eigenvalue weighted by Crippen LogP contribution is 2.11. The van der Waals surface area contributed by atoms with Crippen molar-refractivity contribution in [3.05, 3.63) is 28.5 Å². The third-order valence-corrected chi connectivity index (χ3v) is 2.76. The number of hydrogen-bond donors (Lipinski definition) is 1. The monoisotopic (exact) mass is 285 g/mol. The van der Waals surface area contributed by atoms with E-state index in [9.17, 15) is 0 Å². The average Bonchev–Trinajstić information content (AvgIpc) is 2.16. The molecule has 0 fully saturated rings. The van der Waals surface area contributed by atoms with E-state index >= 15 is 0 Å². The van der Waals surface area contributed by atoms with E-state index in [1.54, 1.807) is 0 Å². The molecule has 0 radical (unpaired) electrons. The van der Waals surface area contributed by atoms with Crippen molar-refractivity contribution < 1.29 is 0 Å². The van der Waals surface area contributed by atoms with Gasteiger partial charge in [0.1, 0.15) is 0 Å². The molecule has 1 rings (SSSR count). The molecule has 1 aromatic heterocycles. The molecule has 1 heterocycles. The molecule has 1 unspecified atom stereocenters. The molecule has 0 aliphatic carbocycles. The highest BCUT2D eigenvalue weighted by atomic mass is 79.9. The first-order valence-corrected chi connectivity index (χ1v) is 6.38. The van der Waals surface area contributed by atoms with Gasteiger partial charge in [-0.25, -0.2) is 0 Å². The Balaban J connectivity index is 2.60. The average molecular weight is 286 g/mol. The SMILES string of the molecule is CCNC(Cc1cncc(Br)c1)CN(C)C. The maximum Gasteiger partial charge on any atom is 0.0410 e. The van der Waals surface area contributed by atoms with Crippen molar-refractivity contribution in [2.75, 3.05) is 27.2 Å². The molecule has 1 aromatic rings. The van der Waals surface area contributed by atoms with Gasteiger partial charge in [0.2, 0.25) is 0 Å². The van der Waals surface area contributed by atoms with Crippen LogP contribution >= 0.6 is 15.9 Å². The van der Waals surface area contributed by atoms with Crippen molar-refractivity contribution in [1.82, 2.24) is 15.2 Å². The summed E-state index contributed by atoms with van der Waals surface area (Å²) in [5.74, 6) is 0. The summed E-state index contributed by atoms with van der Waals surface area (Å²) in [6.45, 7) is 4.18. The van der Waals surface area contributed by atoms with Crippen LogP contribution < -0.4 is 5.32 Å². The van der Waals surface area contributed by atoms with Crippen molar-refractivity contribution in [2.45, 2.75) is 19.4 Å². The highest BCUT2D eigenvalue weighted by Gasteiger charge is 2.09. The van der Waals surface area contributed by atoms with E-state index in [0.717, 1.165) is 24.0 Å². The molecule has 4 heteroatoms. The molecule has 0 saturated carbocycles. The minimum absolute atomic E-state index is 0.483. The summed E-state index contributed by atoms with van der Waals surface area (Å²) in [5, 5.41) is 3.50. The number of halogens is 1. The predicted molar refractivity (Wildman–Crippen MR) is 71.7 cm³/mol. The van der Waals surface area contributed by atoms with Crippen LogP contribution in [0.15, 0.2) is 22.9 Å². The zero-order chi connectivity index (χ0) is 12.0. The zero-order valence-corrected chi connectivity index (χ0v) is 11.8. The van der Waals surface area contributed by atoms with Crippen LogP contribution in [0.3, 0.4) is 0 Å². The number of hydrogen-bond acceptors (Lipinski definition) is 3. The van der Waals surface area contributed by atoms with E-state index < -0.39 is 0 Å².